The zero-order chi connectivity index (χ0) is 21.3. The van der Waals surface area contributed by atoms with E-state index in [1.54, 1.807) is 60.1 Å². The van der Waals surface area contributed by atoms with Crippen molar-refractivity contribution in [3.8, 4) is 0 Å². The maximum atomic E-state index is 12.9. The van der Waals surface area contributed by atoms with Gasteiger partial charge in [0.2, 0.25) is 0 Å². The van der Waals surface area contributed by atoms with E-state index >= 15 is 0 Å². The number of hydrogen-bond acceptors (Lipinski definition) is 6. The van der Waals surface area contributed by atoms with Crippen molar-refractivity contribution in [2.45, 2.75) is 31.1 Å². The lowest BCUT2D eigenvalue weighted by atomic mass is 9.88. The van der Waals surface area contributed by atoms with Crippen LogP contribution in [0.4, 0.5) is 5.69 Å². The van der Waals surface area contributed by atoms with E-state index in [0.717, 1.165) is 5.82 Å². The topological polar surface area (TPSA) is 102 Å². The van der Waals surface area contributed by atoms with Gasteiger partial charge in [0.15, 0.2) is 6.10 Å². The minimum atomic E-state index is -0.704. The van der Waals surface area contributed by atoms with Crippen LogP contribution in [0.25, 0.3) is 0 Å². The molecule has 1 atom stereocenters. The van der Waals surface area contributed by atoms with E-state index in [1.165, 1.54) is 0 Å². The van der Waals surface area contributed by atoms with Crippen molar-refractivity contribution >= 4 is 17.5 Å². The molecule has 0 saturated carbocycles. The van der Waals surface area contributed by atoms with E-state index in [1.807, 2.05) is 10.8 Å². The number of piperidine rings is 1. The Bertz CT molecular complexity index is 1080. The smallest absolute Gasteiger partial charge is 0.255 e. The van der Waals surface area contributed by atoms with Crippen LogP contribution in [0.3, 0.4) is 0 Å². The summed E-state index contributed by atoms with van der Waals surface area (Å²) in [5.74, 6) is 0.542. The molecule has 2 aliphatic heterocycles. The summed E-state index contributed by atoms with van der Waals surface area (Å²) < 4.78 is 8.38. The second kappa shape index (κ2) is 7.92. The van der Waals surface area contributed by atoms with E-state index in [2.05, 4.69) is 20.3 Å². The molecule has 0 radical (unpaired) electrons. The fourth-order valence-electron chi connectivity index (χ4n) is 4.28. The maximum absolute atomic E-state index is 12.9. The molecule has 158 valence electrons. The lowest BCUT2D eigenvalue weighted by Gasteiger charge is -2.45. The Morgan fingerprint density at radius 1 is 1.06 bits per heavy atom. The van der Waals surface area contributed by atoms with Gasteiger partial charge >= 0.3 is 0 Å². The number of carbonyl (C=O) groups is 2. The second-order valence-corrected chi connectivity index (χ2v) is 7.77. The molecular weight excluding hydrogens is 396 g/mol. The summed E-state index contributed by atoms with van der Waals surface area (Å²) in [7, 11) is 0. The van der Waals surface area contributed by atoms with Gasteiger partial charge < -0.3 is 19.5 Å². The average molecular weight is 418 g/mol. The number of hydrogen-bond donors (Lipinski definition) is 1. The van der Waals surface area contributed by atoms with Crippen LogP contribution in [-0.4, -0.2) is 55.4 Å². The highest BCUT2D eigenvalue weighted by molar-refractivity contribution is 5.94. The highest BCUT2D eigenvalue weighted by atomic mass is 16.5. The Labute approximate surface area is 179 Å². The van der Waals surface area contributed by atoms with Crippen LogP contribution in [-0.2, 0) is 21.7 Å². The molecule has 2 amide bonds. The first-order chi connectivity index (χ1) is 15.1. The quantitative estimate of drug-likeness (QED) is 0.696. The zero-order valence-electron chi connectivity index (χ0n) is 16.8. The molecule has 3 aromatic heterocycles. The van der Waals surface area contributed by atoms with Crippen molar-refractivity contribution < 1.29 is 14.3 Å². The molecule has 1 fully saturated rings. The van der Waals surface area contributed by atoms with Gasteiger partial charge in [-0.3, -0.25) is 19.6 Å². The number of carbonyl (C=O) groups excluding carboxylic acids is 2. The van der Waals surface area contributed by atoms with Crippen LogP contribution >= 0.6 is 0 Å². The van der Waals surface area contributed by atoms with Gasteiger partial charge in [-0.1, -0.05) is 0 Å². The third-order valence-electron chi connectivity index (χ3n) is 5.84. The first-order valence-electron chi connectivity index (χ1n) is 10.2. The molecule has 5 rings (SSSR count). The molecule has 3 aromatic rings. The predicted octanol–water partition coefficient (Wildman–Crippen LogP) is 1.84. The average Bonchev–Trinajstić information content (AvgIpc) is 3.30. The molecule has 5 heterocycles. The van der Waals surface area contributed by atoms with Crippen molar-refractivity contribution in [1.82, 2.24) is 24.4 Å². The highest BCUT2D eigenvalue weighted by Crippen LogP contribution is 2.40. The molecule has 1 saturated heterocycles. The van der Waals surface area contributed by atoms with E-state index in [-0.39, 0.29) is 11.8 Å². The molecule has 9 nitrogen and oxygen atoms in total. The summed E-state index contributed by atoms with van der Waals surface area (Å²) in [6.07, 6.45) is 10.5. The minimum Gasteiger partial charge on any atom is -0.352 e. The van der Waals surface area contributed by atoms with Gasteiger partial charge in [0, 0.05) is 56.9 Å². The first-order valence-corrected chi connectivity index (χ1v) is 10.2. The molecular formula is C22H22N6O3. The van der Waals surface area contributed by atoms with Crippen molar-refractivity contribution in [2.75, 3.05) is 18.4 Å². The van der Waals surface area contributed by atoms with Gasteiger partial charge in [-0.15, -0.1) is 0 Å². The summed E-state index contributed by atoms with van der Waals surface area (Å²) in [4.78, 5) is 40.1. The van der Waals surface area contributed by atoms with Crippen LogP contribution < -0.4 is 5.32 Å². The Hall–Kier alpha value is -3.59. The molecule has 0 unspecified atom stereocenters. The zero-order valence-corrected chi connectivity index (χ0v) is 16.8. The fraction of sp³-hybridized carbons (Fsp3) is 0.318. The third kappa shape index (κ3) is 3.68. The Morgan fingerprint density at radius 3 is 2.55 bits per heavy atom. The molecule has 1 spiro atoms. The second-order valence-electron chi connectivity index (χ2n) is 7.77. The number of pyridine rings is 2. The summed E-state index contributed by atoms with van der Waals surface area (Å²) in [6, 6.07) is 7.07. The SMILES string of the molecule is O=C(Nc1cccnc1)[C@@H]1Cn2ccnc2C2(CCN(C(=O)c3cccnc3)CC2)O1. The van der Waals surface area contributed by atoms with E-state index in [9.17, 15) is 9.59 Å². The van der Waals surface area contributed by atoms with Gasteiger partial charge in [-0.2, -0.15) is 0 Å². The van der Waals surface area contributed by atoms with Crippen molar-refractivity contribution in [2.24, 2.45) is 0 Å². The standard InChI is InChI=1S/C22H22N6O3/c29-19(26-17-4-2-8-24-14-17)18-15-28-12-9-25-21(28)22(31-18)5-10-27(11-6-22)20(30)16-3-1-7-23-13-16/h1-4,7-9,12-14,18H,5-6,10-11,15H2,(H,26,29)/t18-/m0/s1. The van der Waals surface area contributed by atoms with Crippen LogP contribution in [0.5, 0.6) is 0 Å². The number of nitrogens with zero attached hydrogens (tertiary/aromatic N) is 5. The van der Waals surface area contributed by atoms with E-state index < -0.39 is 11.7 Å². The number of likely N-dealkylation sites (tertiary alicyclic amines) is 1. The minimum absolute atomic E-state index is 0.0482. The number of anilines is 1. The Morgan fingerprint density at radius 2 is 1.84 bits per heavy atom. The fourth-order valence-corrected chi connectivity index (χ4v) is 4.28. The number of nitrogens with one attached hydrogen (secondary N) is 1. The summed E-state index contributed by atoms with van der Waals surface area (Å²) in [6.45, 7) is 1.41. The summed E-state index contributed by atoms with van der Waals surface area (Å²) in [5.41, 5.74) is 0.487. The molecule has 0 bridgehead atoms. The summed E-state index contributed by atoms with van der Waals surface area (Å²) >= 11 is 0. The number of aromatic nitrogens is 4. The number of rotatable bonds is 3. The Kier molecular flexibility index (Phi) is 4.95. The number of ether oxygens (including phenoxy) is 1. The first kappa shape index (κ1) is 19.4. The van der Waals surface area contributed by atoms with Gasteiger partial charge in [0.05, 0.1) is 24.0 Å². The van der Waals surface area contributed by atoms with Gasteiger partial charge in [0.1, 0.15) is 11.4 Å². The van der Waals surface area contributed by atoms with Crippen LogP contribution in [0, 0.1) is 0 Å². The van der Waals surface area contributed by atoms with Crippen molar-refractivity contribution in [1.29, 1.82) is 0 Å². The molecule has 1 N–H and O–H groups in total. The normalized spacial score (nSPS) is 19.6. The van der Waals surface area contributed by atoms with Crippen LogP contribution in [0.15, 0.2) is 61.4 Å². The Balaban J connectivity index is 1.33. The molecule has 31 heavy (non-hydrogen) atoms. The van der Waals surface area contributed by atoms with Gasteiger partial charge in [-0.05, 0) is 24.3 Å². The molecule has 2 aliphatic rings. The lowest BCUT2D eigenvalue weighted by molar-refractivity contribution is -0.168. The van der Waals surface area contributed by atoms with Gasteiger partial charge in [0.25, 0.3) is 11.8 Å². The van der Waals surface area contributed by atoms with Crippen LogP contribution in [0.2, 0.25) is 0 Å². The van der Waals surface area contributed by atoms with E-state index in [4.69, 9.17) is 4.74 Å². The molecule has 0 aliphatic carbocycles. The summed E-state index contributed by atoms with van der Waals surface area (Å²) in [5, 5.41) is 2.87. The lowest BCUT2D eigenvalue weighted by Crippen LogP contribution is -2.54. The predicted molar refractivity (Wildman–Crippen MR) is 111 cm³/mol. The monoisotopic (exact) mass is 418 g/mol. The molecule has 9 heteroatoms. The highest BCUT2D eigenvalue weighted by Gasteiger charge is 2.47. The van der Waals surface area contributed by atoms with Crippen LogP contribution in [0.1, 0.15) is 29.0 Å². The molecule has 0 aromatic carbocycles. The maximum Gasteiger partial charge on any atom is 0.255 e. The number of fused-ring (bicyclic) bond motifs is 2. The van der Waals surface area contributed by atoms with Crippen molar-refractivity contribution in [3.05, 3.63) is 72.8 Å². The third-order valence-corrected chi connectivity index (χ3v) is 5.84. The van der Waals surface area contributed by atoms with Gasteiger partial charge in [-0.25, -0.2) is 4.98 Å². The van der Waals surface area contributed by atoms with E-state index in [0.29, 0.717) is 43.7 Å². The number of imidazole rings is 1. The number of amides is 2. The largest absolute Gasteiger partial charge is 0.352 e. The van der Waals surface area contributed by atoms with Crippen molar-refractivity contribution in [3.63, 3.8) is 0 Å².